The third-order valence-corrected chi connectivity index (χ3v) is 5.58. The zero-order chi connectivity index (χ0) is 19.6. The van der Waals surface area contributed by atoms with E-state index in [-0.39, 0.29) is 24.0 Å². The van der Waals surface area contributed by atoms with Crippen molar-refractivity contribution in [1.82, 2.24) is 15.1 Å². The molecule has 2 aliphatic heterocycles. The quantitative estimate of drug-likeness (QED) is 0.326. The maximum Gasteiger partial charge on any atom is 0.194 e. The molecule has 0 aromatic heterocycles. The normalized spacial score (nSPS) is 18.0. The number of nitrogens with one attached hydrogen (secondary N) is 1. The summed E-state index contributed by atoms with van der Waals surface area (Å²) in [5.41, 5.74) is 1.19. The monoisotopic (exact) mass is 516 g/mol. The van der Waals surface area contributed by atoms with E-state index in [0.717, 1.165) is 63.9 Å². The molecule has 2 fully saturated rings. The highest BCUT2D eigenvalue weighted by atomic mass is 127. The summed E-state index contributed by atoms with van der Waals surface area (Å²) in [5.74, 6) is 1.96. The molecule has 0 amide bonds. The third kappa shape index (κ3) is 7.94. The number of aliphatic imine (C=N–C) groups is 1. The summed E-state index contributed by atoms with van der Waals surface area (Å²) in [6, 6.07) is 8.95. The van der Waals surface area contributed by atoms with Crippen LogP contribution >= 0.6 is 24.0 Å². The number of likely N-dealkylation sites (tertiary alicyclic amines) is 1. The third-order valence-electron chi connectivity index (χ3n) is 5.58. The Labute approximate surface area is 193 Å². The smallest absolute Gasteiger partial charge is 0.194 e. The van der Waals surface area contributed by atoms with Gasteiger partial charge < -0.3 is 19.7 Å². The second-order valence-electron chi connectivity index (χ2n) is 7.68. The molecule has 2 heterocycles. The lowest BCUT2D eigenvalue weighted by Crippen LogP contribution is -2.39. The summed E-state index contributed by atoms with van der Waals surface area (Å²) in [4.78, 5) is 9.59. The van der Waals surface area contributed by atoms with Crippen LogP contribution in [0.2, 0.25) is 0 Å². The number of hydrogen-bond donors (Lipinski definition) is 1. The highest BCUT2D eigenvalue weighted by Crippen LogP contribution is 2.16. The van der Waals surface area contributed by atoms with E-state index in [9.17, 15) is 0 Å². The van der Waals surface area contributed by atoms with E-state index < -0.39 is 0 Å². The molecule has 7 heteroatoms. The Morgan fingerprint density at radius 1 is 1.28 bits per heavy atom. The van der Waals surface area contributed by atoms with Crippen LogP contribution in [0.25, 0.3) is 0 Å². The van der Waals surface area contributed by atoms with E-state index in [4.69, 9.17) is 14.5 Å². The minimum Gasteiger partial charge on any atom is -0.492 e. The van der Waals surface area contributed by atoms with Crippen molar-refractivity contribution in [3.8, 4) is 5.75 Å². The van der Waals surface area contributed by atoms with Crippen LogP contribution in [0.15, 0.2) is 29.3 Å². The van der Waals surface area contributed by atoms with Gasteiger partial charge in [-0.1, -0.05) is 12.1 Å². The van der Waals surface area contributed by atoms with E-state index in [1.54, 1.807) is 0 Å². The van der Waals surface area contributed by atoms with Gasteiger partial charge in [0.25, 0.3) is 0 Å². The number of halogens is 1. The van der Waals surface area contributed by atoms with Gasteiger partial charge in [0, 0.05) is 45.4 Å². The number of benzene rings is 1. The molecule has 2 aliphatic rings. The zero-order valence-corrected chi connectivity index (χ0v) is 20.3. The second kappa shape index (κ2) is 13.3. The molecule has 0 spiro atoms. The largest absolute Gasteiger partial charge is 0.492 e. The summed E-state index contributed by atoms with van der Waals surface area (Å²) in [6.45, 7) is 9.32. The Morgan fingerprint density at radius 3 is 2.76 bits per heavy atom. The molecule has 0 aliphatic carbocycles. The maximum absolute atomic E-state index is 6.01. The van der Waals surface area contributed by atoms with Gasteiger partial charge in [-0.15, -0.1) is 24.0 Å². The van der Waals surface area contributed by atoms with Crippen molar-refractivity contribution in [2.45, 2.75) is 45.2 Å². The Hall–Kier alpha value is -1.06. The van der Waals surface area contributed by atoms with Gasteiger partial charge in [-0.25, -0.2) is 4.99 Å². The van der Waals surface area contributed by atoms with Crippen molar-refractivity contribution in [3.05, 3.63) is 29.8 Å². The molecule has 2 saturated heterocycles. The topological polar surface area (TPSA) is 49.3 Å². The molecule has 164 valence electrons. The predicted octanol–water partition coefficient (Wildman–Crippen LogP) is 3.36. The molecule has 29 heavy (non-hydrogen) atoms. The molecule has 1 N–H and O–H groups in total. The lowest BCUT2D eigenvalue weighted by molar-refractivity contribution is 0.0392. The number of guanidine groups is 1. The fourth-order valence-corrected chi connectivity index (χ4v) is 3.87. The second-order valence-corrected chi connectivity index (χ2v) is 7.68. The first-order chi connectivity index (χ1) is 13.8. The van der Waals surface area contributed by atoms with E-state index in [0.29, 0.717) is 19.2 Å². The number of nitrogens with zero attached hydrogens (tertiary/aromatic N) is 3. The van der Waals surface area contributed by atoms with Crippen LogP contribution in [-0.4, -0.2) is 74.8 Å². The van der Waals surface area contributed by atoms with E-state index >= 15 is 0 Å². The predicted molar refractivity (Wildman–Crippen MR) is 129 cm³/mol. The molecular formula is C22H37IN4O2. The van der Waals surface area contributed by atoms with Crippen LogP contribution in [0, 0.1) is 0 Å². The molecule has 0 unspecified atom stereocenters. The van der Waals surface area contributed by atoms with Crippen LogP contribution in [0.3, 0.4) is 0 Å². The first kappa shape index (κ1) is 24.2. The van der Waals surface area contributed by atoms with Gasteiger partial charge in [-0.2, -0.15) is 0 Å². The number of rotatable bonds is 8. The van der Waals surface area contributed by atoms with Crippen LogP contribution in [-0.2, 0) is 11.3 Å². The number of hydrogen-bond acceptors (Lipinski definition) is 4. The SMILES string of the molecule is CCNC(=NCc1cccc(OCCN(C)C2CCOCC2)c1)N1CCCC1.I. The summed E-state index contributed by atoms with van der Waals surface area (Å²) in [6.07, 6.45) is 4.76. The minimum atomic E-state index is 0. The van der Waals surface area contributed by atoms with Gasteiger partial charge in [0.05, 0.1) is 6.54 Å². The molecule has 3 rings (SSSR count). The number of likely N-dealkylation sites (N-methyl/N-ethyl adjacent to an activating group) is 1. The van der Waals surface area contributed by atoms with Crippen LogP contribution in [0.4, 0.5) is 0 Å². The fourth-order valence-electron chi connectivity index (χ4n) is 3.87. The van der Waals surface area contributed by atoms with Crippen LogP contribution < -0.4 is 10.1 Å². The lowest BCUT2D eigenvalue weighted by Gasteiger charge is -2.31. The van der Waals surface area contributed by atoms with Gasteiger partial charge in [0.15, 0.2) is 5.96 Å². The van der Waals surface area contributed by atoms with Gasteiger partial charge in [0.1, 0.15) is 12.4 Å². The first-order valence-electron chi connectivity index (χ1n) is 10.8. The molecule has 1 aromatic rings. The van der Waals surface area contributed by atoms with Crippen molar-refractivity contribution < 1.29 is 9.47 Å². The molecule has 0 saturated carbocycles. The standard InChI is InChI=1S/C22H36N4O2.HI/c1-3-23-22(26-11-4-5-12-26)24-18-19-7-6-8-21(17-19)28-16-13-25(2)20-9-14-27-15-10-20;/h6-8,17,20H,3-5,9-16,18H2,1-2H3,(H,23,24);1H. The first-order valence-corrected chi connectivity index (χ1v) is 10.8. The minimum absolute atomic E-state index is 0. The molecule has 0 atom stereocenters. The average Bonchev–Trinajstić information content (AvgIpc) is 3.27. The van der Waals surface area contributed by atoms with Crippen molar-refractivity contribution in [3.63, 3.8) is 0 Å². The maximum atomic E-state index is 6.01. The molecule has 1 aromatic carbocycles. The molecular weight excluding hydrogens is 479 g/mol. The van der Waals surface area contributed by atoms with Gasteiger partial charge in [-0.3, -0.25) is 4.90 Å². The van der Waals surface area contributed by atoms with Crippen LogP contribution in [0.5, 0.6) is 5.75 Å². The lowest BCUT2D eigenvalue weighted by atomic mass is 10.1. The van der Waals surface area contributed by atoms with Gasteiger partial charge >= 0.3 is 0 Å². The average molecular weight is 516 g/mol. The molecule has 0 bridgehead atoms. The Morgan fingerprint density at radius 2 is 2.03 bits per heavy atom. The van der Waals surface area contributed by atoms with Crippen LogP contribution in [0.1, 0.15) is 38.2 Å². The summed E-state index contributed by atoms with van der Waals surface area (Å²) in [7, 11) is 2.19. The fraction of sp³-hybridized carbons (Fsp3) is 0.682. The van der Waals surface area contributed by atoms with Crippen molar-refractivity contribution in [1.29, 1.82) is 0 Å². The van der Waals surface area contributed by atoms with Gasteiger partial charge in [-0.05, 0) is 57.4 Å². The Kier molecular flexibility index (Phi) is 11.1. The molecule has 6 nitrogen and oxygen atoms in total. The summed E-state index contributed by atoms with van der Waals surface area (Å²) in [5, 5.41) is 3.42. The Bertz CT molecular complexity index is 617. The van der Waals surface area contributed by atoms with Gasteiger partial charge in [0.2, 0.25) is 0 Å². The number of ether oxygens (including phenoxy) is 2. The van der Waals surface area contributed by atoms with E-state index in [1.807, 2.05) is 6.07 Å². The van der Waals surface area contributed by atoms with Crippen molar-refractivity contribution in [2.24, 2.45) is 4.99 Å². The Balaban J connectivity index is 0.00000300. The molecule has 0 radical (unpaired) electrons. The summed E-state index contributed by atoms with van der Waals surface area (Å²) < 4.78 is 11.5. The van der Waals surface area contributed by atoms with Crippen molar-refractivity contribution in [2.75, 3.05) is 53.0 Å². The highest BCUT2D eigenvalue weighted by molar-refractivity contribution is 14.0. The zero-order valence-electron chi connectivity index (χ0n) is 17.9. The van der Waals surface area contributed by atoms with Crippen molar-refractivity contribution >= 4 is 29.9 Å². The highest BCUT2D eigenvalue weighted by Gasteiger charge is 2.18. The summed E-state index contributed by atoms with van der Waals surface area (Å²) >= 11 is 0. The van der Waals surface area contributed by atoms with E-state index in [2.05, 4.69) is 47.3 Å². The van der Waals surface area contributed by atoms with E-state index in [1.165, 1.54) is 18.4 Å².